The number of phosphoric acid groups is 2. The molecule has 0 aliphatic heterocycles. The van der Waals surface area contributed by atoms with Crippen molar-refractivity contribution in [1.82, 2.24) is 0 Å². The predicted octanol–water partition coefficient (Wildman–Crippen LogP) is 22.4. The van der Waals surface area contributed by atoms with Gasteiger partial charge < -0.3 is 33.8 Å². The van der Waals surface area contributed by atoms with Crippen LogP contribution in [-0.2, 0) is 65.4 Å². The van der Waals surface area contributed by atoms with Crippen LogP contribution in [0.15, 0.2) is 0 Å². The SMILES string of the molecule is CC(C)CCCCCCCCCCCCCCCCCC(=O)OC[C@H](COP(=O)(O)OC[C@@H](O)COP(=O)(O)OC[C@@H](COC(=O)CCCCCCCCC(C)C)OC(=O)CCCCCCCCCCC(C)C)OC(=O)CCCCCCCCCCCCCCCCCC(C)C. The van der Waals surface area contributed by atoms with Gasteiger partial charge >= 0.3 is 39.5 Å². The van der Waals surface area contributed by atoms with Crippen LogP contribution in [0.1, 0.15) is 389 Å². The zero-order valence-electron chi connectivity index (χ0n) is 63.0. The summed E-state index contributed by atoms with van der Waals surface area (Å²) in [6, 6.07) is 0. The van der Waals surface area contributed by atoms with Crippen LogP contribution in [0.3, 0.4) is 0 Å². The molecule has 5 atom stereocenters. The van der Waals surface area contributed by atoms with Gasteiger partial charge in [0.05, 0.1) is 26.4 Å². The van der Waals surface area contributed by atoms with Crippen LogP contribution in [-0.4, -0.2) is 96.7 Å². The van der Waals surface area contributed by atoms with Crippen LogP contribution >= 0.6 is 15.6 Å². The molecular formula is C77H150O17P2. The first-order valence-corrected chi connectivity index (χ1v) is 42.7. The Kier molecular flexibility index (Phi) is 65.0. The largest absolute Gasteiger partial charge is 0.472 e. The highest BCUT2D eigenvalue weighted by Crippen LogP contribution is 2.45. The van der Waals surface area contributed by atoms with E-state index in [1.54, 1.807) is 0 Å². The predicted molar refractivity (Wildman–Crippen MR) is 391 cm³/mol. The van der Waals surface area contributed by atoms with Crippen LogP contribution in [0, 0.1) is 23.7 Å². The molecular weight excluding hydrogens is 1260 g/mol. The van der Waals surface area contributed by atoms with Gasteiger partial charge in [0, 0.05) is 25.7 Å². The Labute approximate surface area is 588 Å². The third kappa shape index (κ3) is 70.5. The fourth-order valence-electron chi connectivity index (χ4n) is 11.7. The van der Waals surface area contributed by atoms with Crippen LogP contribution in [0.4, 0.5) is 0 Å². The van der Waals surface area contributed by atoms with Crippen LogP contribution in [0.25, 0.3) is 0 Å². The fraction of sp³-hybridized carbons (Fsp3) is 0.948. The third-order valence-electron chi connectivity index (χ3n) is 17.8. The van der Waals surface area contributed by atoms with E-state index in [1.165, 1.54) is 186 Å². The van der Waals surface area contributed by atoms with Crippen molar-refractivity contribution in [2.75, 3.05) is 39.6 Å². The van der Waals surface area contributed by atoms with Gasteiger partial charge in [0.2, 0.25) is 0 Å². The number of hydrogen-bond donors (Lipinski definition) is 3. The van der Waals surface area contributed by atoms with E-state index < -0.39 is 97.5 Å². The highest BCUT2D eigenvalue weighted by atomic mass is 31.2. The molecule has 0 aromatic rings. The Morgan fingerprint density at radius 3 is 0.646 bits per heavy atom. The van der Waals surface area contributed by atoms with Crippen LogP contribution in [0.5, 0.6) is 0 Å². The molecule has 0 amide bonds. The molecule has 0 radical (unpaired) electrons. The zero-order chi connectivity index (χ0) is 71.0. The van der Waals surface area contributed by atoms with Crippen molar-refractivity contribution in [2.45, 2.75) is 408 Å². The Morgan fingerprint density at radius 1 is 0.260 bits per heavy atom. The summed E-state index contributed by atoms with van der Waals surface area (Å²) in [5.74, 6) is 0.884. The molecule has 2 unspecified atom stereocenters. The molecule has 0 aromatic heterocycles. The van der Waals surface area contributed by atoms with E-state index in [0.717, 1.165) is 114 Å². The van der Waals surface area contributed by atoms with E-state index in [-0.39, 0.29) is 25.7 Å². The molecule has 17 nitrogen and oxygen atoms in total. The van der Waals surface area contributed by atoms with Crippen LogP contribution in [0.2, 0.25) is 0 Å². The standard InChI is InChI=1S/C77H150O17P2/c1-67(2)53-45-37-29-23-19-15-11-9-13-17-21-25-32-41-49-57-74(79)87-63-72(93-76(81)59-51-43-33-26-22-18-14-10-12-16-20-24-30-38-46-54-68(3)4)65-91-95(83,84)89-61-71(78)62-90-96(85,86)92-66-73(64-88-75(80)58-50-42-36-35-40-48-56-70(7)8)94-77(82)60-52-44-34-28-27-31-39-47-55-69(5)6/h67-73,78H,9-66H2,1-8H3,(H,83,84)(H,85,86)/t71-,72-,73-/m1/s1. The maximum absolute atomic E-state index is 13.1. The monoisotopic (exact) mass is 1410 g/mol. The topological polar surface area (TPSA) is 237 Å². The lowest BCUT2D eigenvalue weighted by atomic mass is 10.0. The molecule has 0 rings (SSSR count). The first-order chi connectivity index (χ1) is 46.1. The Hall–Kier alpha value is -1.94. The Morgan fingerprint density at radius 2 is 0.438 bits per heavy atom. The summed E-state index contributed by atoms with van der Waals surface area (Å²) in [5, 5.41) is 10.6. The van der Waals surface area contributed by atoms with E-state index in [2.05, 4.69) is 55.4 Å². The van der Waals surface area contributed by atoms with Gasteiger partial charge in [0.1, 0.15) is 19.3 Å². The van der Waals surface area contributed by atoms with Crippen molar-refractivity contribution in [3.05, 3.63) is 0 Å². The fourth-order valence-corrected chi connectivity index (χ4v) is 13.3. The molecule has 19 heteroatoms. The normalized spacial score (nSPS) is 14.1. The van der Waals surface area contributed by atoms with Gasteiger partial charge in [0.15, 0.2) is 12.2 Å². The van der Waals surface area contributed by atoms with Crippen molar-refractivity contribution in [1.29, 1.82) is 0 Å². The van der Waals surface area contributed by atoms with Crippen molar-refractivity contribution in [3.8, 4) is 0 Å². The summed E-state index contributed by atoms with van der Waals surface area (Å²) in [6.07, 6.45) is 51.6. The summed E-state index contributed by atoms with van der Waals surface area (Å²) in [7, 11) is -9.91. The van der Waals surface area contributed by atoms with E-state index in [9.17, 15) is 43.2 Å². The molecule has 0 fully saturated rings. The number of aliphatic hydroxyl groups excluding tert-OH is 1. The second-order valence-corrected chi connectivity index (χ2v) is 32.6. The maximum atomic E-state index is 13.1. The van der Waals surface area contributed by atoms with E-state index in [0.29, 0.717) is 31.6 Å². The van der Waals surface area contributed by atoms with Crippen LogP contribution < -0.4 is 0 Å². The quantitative estimate of drug-likeness (QED) is 0.0222. The molecule has 0 spiro atoms. The third-order valence-corrected chi connectivity index (χ3v) is 19.7. The summed E-state index contributed by atoms with van der Waals surface area (Å²) in [4.78, 5) is 72.8. The Balaban J connectivity index is 5.22. The highest BCUT2D eigenvalue weighted by Gasteiger charge is 2.30. The number of rotatable bonds is 74. The van der Waals surface area contributed by atoms with Crippen molar-refractivity contribution >= 4 is 39.5 Å². The highest BCUT2D eigenvalue weighted by molar-refractivity contribution is 7.47. The van der Waals surface area contributed by atoms with E-state index in [4.69, 9.17) is 37.0 Å². The van der Waals surface area contributed by atoms with Gasteiger partial charge in [-0.2, -0.15) is 0 Å². The Bertz CT molecular complexity index is 1880. The molecule has 0 saturated heterocycles. The zero-order valence-corrected chi connectivity index (χ0v) is 64.8. The number of ether oxygens (including phenoxy) is 4. The average Bonchev–Trinajstić information content (AvgIpc) is 1.15. The summed E-state index contributed by atoms with van der Waals surface area (Å²) in [6.45, 7) is 14.1. The average molecular weight is 1410 g/mol. The first-order valence-electron chi connectivity index (χ1n) is 39.7. The van der Waals surface area contributed by atoms with E-state index in [1.807, 2.05) is 0 Å². The minimum atomic E-state index is -4.96. The molecule has 0 aromatic carbocycles. The molecule has 3 N–H and O–H groups in total. The maximum Gasteiger partial charge on any atom is 0.472 e. The lowest BCUT2D eigenvalue weighted by Gasteiger charge is -2.21. The molecule has 0 saturated carbocycles. The second kappa shape index (κ2) is 66.3. The van der Waals surface area contributed by atoms with Crippen molar-refractivity contribution in [3.63, 3.8) is 0 Å². The number of carbonyl (C=O) groups is 4. The van der Waals surface area contributed by atoms with Crippen molar-refractivity contribution < 1.29 is 80.2 Å². The van der Waals surface area contributed by atoms with Crippen molar-refractivity contribution in [2.24, 2.45) is 23.7 Å². The minimum Gasteiger partial charge on any atom is -0.462 e. The van der Waals surface area contributed by atoms with Gasteiger partial charge in [-0.25, -0.2) is 9.13 Å². The lowest BCUT2D eigenvalue weighted by molar-refractivity contribution is -0.161. The molecule has 0 aliphatic rings. The van der Waals surface area contributed by atoms with Gasteiger partial charge in [-0.05, 0) is 49.4 Å². The summed E-state index contributed by atoms with van der Waals surface area (Å²) < 4.78 is 68.5. The smallest absolute Gasteiger partial charge is 0.462 e. The molecule has 0 heterocycles. The number of hydrogen-bond acceptors (Lipinski definition) is 15. The molecule has 96 heavy (non-hydrogen) atoms. The summed E-state index contributed by atoms with van der Waals surface area (Å²) >= 11 is 0. The number of phosphoric ester groups is 2. The molecule has 0 aliphatic carbocycles. The first kappa shape index (κ1) is 94.1. The van der Waals surface area contributed by atoms with Gasteiger partial charge in [-0.15, -0.1) is 0 Å². The number of esters is 4. The second-order valence-electron chi connectivity index (χ2n) is 29.7. The van der Waals surface area contributed by atoms with Gasteiger partial charge in [-0.3, -0.25) is 37.3 Å². The van der Waals surface area contributed by atoms with Gasteiger partial charge in [0.25, 0.3) is 0 Å². The number of carbonyl (C=O) groups excluding carboxylic acids is 4. The van der Waals surface area contributed by atoms with E-state index >= 15 is 0 Å². The minimum absolute atomic E-state index is 0.103. The number of aliphatic hydroxyl groups is 1. The summed E-state index contributed by atoms with van der Waals surface area (Å²) in [5.41, 5.74) is 0. The lowest BCUT2D eigenvalue weighted by Crippen LogP contribution is -2.30. The number of unbranched alkanes of at least 4 members (excludes halogenated alkanes) is 40. The molecule has 0 bridgehead atoms. The molecule has 570 valence electrons. The van der Waals surface area contributed by atoms with Gasteiger partial charge in [-0.1, -0.05) is 338 Å².